The van der Waals surface area contributed by atoms with Crippen molar-refractivity contribution < 1.29 is 19.4 Å². The summed E-state index contributed by atoms with van der Waals surface area (Å²) in [5.74, 6) is 1.09. The van der Waals surface area contributed by atoms with Crippen molar-refractivity contribution in [3.05, 3.63) is 77.1 Å². The number of aromatic amines is 1. The monoisotopic (exact) mass is 492 g/mol. The first-order valence-corrected chi connectivity index (χ1v) is 11.6. The molecule has 0 spiro atoms. The molecule has 4 aromatic rings. The number of aliphatic hydroxyl groups is 1. The summed E-state index contributed by atoms with van der Waals surface area (Å²) in [5.41, 5.74) is 2.03. The third-order valence-electron chi connectivity index (χ3n) is 6.23. The number of rotatable bonds is 7. The van der Waals surface area contributed by atoms with Gasteiger partial charge < -0.3 is 30.2 Å². The van der Waals surface area contributed by atoms with Gasteiger partial charge in [-0.1, -0.05) is 35.9 Å². The Labute approximate surface area is 207 Å². The molecule has 3 heterocycles. The zero-order valence-corrected chi connectivity index (χ0v) is 20.0. The summed E-state index contributed by atoms with van der Waals surface area (Å²) >= 11 is 6.57. The molecular weight excluding hydrogens is 468 g/mol. The summed E-state index contributed by atoms with van der Waals surface area (Å²) in [6, 6.07) is 14.6. The van der Waals surface area contributed by atoms with E-state index < -0.39 is 11.6 Å². The van der Waals surface area contributed by atoms with Gasteiger partial charge in [-0.25, -0.2) is 4.98 Å². The lowest BCUT2D eigenvalue weighted by atomic mass is 9.92. The number of hydrogen-bond donors (Lipinski definition) is 4. The van der Waals surface area contributed by atoms with Crippen LogP contribution >= 0.6 is 11.6 Å². The highest BCUT2D eigenvalue weighted by molar-refractivity contribution is 6.31. The molecule has 5 rings (SSSR count). The molecule has 0 bridgehead atoms. The number of H-pyrrole nitrogens is 1. The van der Waals surface area contributed by atoms with Crippen molar-refractivity contribution in [2.45, 2.75) is 25.0 Å². The maximum atomic E-state index is 12.8. The largest absolute Gasteiger partial charge is 0.457 e. The van der Waals surface area contributed by atoms with E-state index in [9.17, 15) is 9.90 Å². The SMILES string of the molecule is COCCC1(C)Nc2c(cnc3[nH]cc(C(O)c4ccc(Oc5ccccc5)cc4Cl)c23)NC1=O. The second kappa shape index (κ2) is 9.22. The third-order valence-corrected chi connectivity index (χ3v) is 6.56. The Bertz CT molecular complexity index is 1390. The van der Waals surface area contributed by atoms with E-state index in [1.807, 2.05) is 37.3 Å². The first kappa shape index (κ1) is 23.2. The third kappa shape index (κ3) is 4.32. The Morgan fingerprint density at radius 2 is 1.94 bits per heavy atom. The van der Waals surface area contributed by atoms with Crippen molar-refractivity contribution >= 4 is 39.9 Å². The Morgan fingerprint density at radius 1 is 1.14 bits per heavy atom. The molecule has 4 N–H and O–H groups in total. The maximum Gasteiger partial charge on any atom is 0.249 e. The number of anilines is 2. The smallest absolute Gasteiger partial charge is 0.249 e. The number of hydrogen-bond acceptors (Lipinski definition) is 6. The molecule has 180 valence electrons. The number of pyridine rings is 1. The van der Waals surface area contributed by atoms with Crippen LogP contribution in [0.1, 0.15) is 30.6 Å². The molecule has 1 amide bonds. The van der Waals surface area contributed by atoms with Crippen molar-refractivity contribution in [3.8, 4) is 11.5 Å². The molecule has 1 aliphatic rings. The van der Waals surface area contributed by atoms with E-state index in [4.69, 9.17) is 21.1 Å². The molecule has 2 unspecified atom stereocenters. The van der Waals surface area contributed by atoms with Gasteiger partial charge >= 0.3 is 0 Å². The zero-order valence-electron chi connectivity index (χ0n) is 19.3. The molecule has 9 heteroatoms. The van der Waals surface area contributed by atoms with Crippen LogP contribution < -0.4 is 15.4 Å². The lowest BCUT2D eigenvalue weighted by Crippen LogP contribution is -2.50. The van der Waals surface area contributed by atoms with Crippen LogP contribution in [0.2, 0.25) is 5.02 Å². The molecule has 1 aliphatic heterocycles. The average molecular weight is 493 g/mol. The summed E-state index contributed by atoms with van der Waals surface area (Å²) < 4.78 is 11.0. The molecular formula is C26H25ClN4O4. The number of aliphatic hydroxyl groups excluding tert-OH is 1. The Morgan fingerprint density at radius 3 is 2.69 bits per heavy atom. The molecule has 0 saturated carbocycles. The van der Waals surface area contributed by atoms with Gasteiger partial charge in [-0.05, 0) is 31.2 Å². The van der Waals surface area contributed by atoms with Crippen molar-refractivity contribution in [2.24, 2.45) is 0 Å². The van der Waals surface area contributed by atoms with Crippen molar-refractivity contribution in [1.29, 1.82) is 0 Å². The lowest BCUT2D eigenvalue weighted by molar-refractivity contribution is -0.120. The molecule has 0 fully saturated rings. The van der Waals surface area contributed by atoms with Crippen LogP contribution in [0.15, 0.2) is 60.9 Å². The van der Waals surface area contributed by atoms with Gasteiger partial charge in [0.25, 0.3) is 0 Å². The number of fused-ring (bicyclic) bond motifs is 3. The van der Waals surface area contributed by atoms with E-state index in [1.165, 1.54) is 0 Å². The van der Waals surface area contributed by atoms with Crippen LogP contribution in [0.25, 0.3) is 11.0 Å². The molecule has 0 radical (unpaired) electrons. The van der Waals surface area contributed by atoms with Crippen LogP contribution in [0, 0.1) is 0 Å². The fraction of sp³-hybridized carbons (Fsp3) is 0.231. The van der Waals surface area contributed by atoms with Gasteiger partial charge in [0, 0.05) is 37.5 Å². The quantitative estimate of drug-likeness (QED) is 0.280. The summed E-state index contributed by atoms with van der Waals surface area (Å²) in [4.78, 5) is 20.3. The van der Waals surface area contributed by atoms with Gasteiger partial charge in [-0.2, -0.15) is 0 Å². The summed E-state index contributed by atoms with van der Waals surface area (Å²) in [6.07, 6.45) is 2.72. The summed E-state index contributed by atoms with van der Waals surface area (Å²) in [5, 5.41) is 18.7. The highest BCUT2D eigenvalue weighted by Gasteiger charge is 2.39. The molecule has 0 aliphatic carbocycles. The second-order valence-corrected chi connectivity index (χ2v) is 9.08. The summed E-state index contributed by atoms with van der Waals surface area (Å²) in [7, 11) is 1.60. The van der Waals surface area contributed by atoms with E-state index in [0.29, 0.717) is 63.1 Å². The molecule has 0 saturated heterocycles. The van der Waals surface area contributed by atoms with Crippen LogP contribution in [-0.4, -0.2) is 40.2 Å². The van der Waals surface area contributed by atoms with Gasteiger partial charge in [0.05, 0.1) is 28.0 Å². The minimum atomic E-state index is -1.04. The number of amides is 1. The van der Waals surface area contributed by atoms with Gasteiger partial charge in [-0.15, -0.1) is 0 Å². The number of ether oxygens (including phenoxy) is 2. The van der Waals surface area contributed by atoms with Gasteiger partial charge in [0.1, 0.15) is 28.8 Å². The van der Waals surface area contributed by atoms with E-state index in [-0.39, 0.29) is 5.91 Å². The number of carbonyl (C=O) groups is 1. The van der Waals surface area contributed by atoms with E-state index in [0.717, 1.165) is 0 Å². The van der Waals surface area contributed by atoms with Crippen LogP contribution in [0.3, 0.4) is 0 Å². The number of halogens is 1. The molecule has 2 aromatic carbocycles. The minimum absolute atomic E-state index is 0.169. The Balaban J connectivity index is 1.50. The normalized spacial score (nSPS) is 18.0. The number of aromatic nitrogens is 2. The lowest BCUT2D eigenvalue weighted by Gasteiger charge is -2.36. The second-order valence-electron chi connectivity index (χ2n) is 8.67. The molecule has 8 nitrogen and oxygen atoms in total. The number of para-hydroxylation sites is 1. The minimum Gasteiger partial charge on any atom is -0.457 e. The highest BCUT2D eigenvalue weighted by atomic mass is 35.5. The van der Waals surface area contributed by atoms with Crippen molar-refractivity contribution in [1.82, 2.24) is 9.97 Å². The predicted octanol–water partition coefficient (Wildman–Crippen LogP) is 5.25. The standard InChI is InChI=1S/C26H25ClN4O4/c1-26(10-11-34-2)25(33)30-20-14-29-24-21(22(20)31-26)18(13-28-24)23(32)17-9-8-16(12-19(17)27)35-15-6-4-3-5-7-15/h3-9,12-14,23,31-32H,10-11H2,1-2H3,(H,28,29)(H,30,33). The van der Waals surface area contributed by atoms with Crippen LogP contribution in [-0.2, 0) is 9.53 Å². The van der Waals surface area contributed by atoms with Gasteiger partial charge in [-0.3, -0.25) is 4.79 Å². The Kier molecular flexibility index (Phi) is 6.10. The van der Waals surface area contributed by atoms with E-state index in [2.05, 4.69) is 20.6 Å². The fourth-order valence-electron chi connectivity index (χ4n) is 4.22. The van der Waals surface area contributed by atoms with Crippen LogP contribution in [0.4, 0.5) is 11.4 Å². The maximum absolute atomic E-state index is 12.8. The number of methoxy groups -OCH3 is 1. The van der Waals surface area contributed by atoms with E-state index >= 15 is 0 Å². The number of nitrogens with zero attached hydrogens (tertiary/aromatic N) is 1. The number of nitrogens with one attached hydrogen (secondary N) is 3. The first-order chi connectivity index (χ1) is 16.9. The highest BCUT2D eigenvalue weighted by Crippen LogP contribution is 2.42. The van der Waals surface area contributed by atoms with E-state index in [1.54, 1.807) is 37.7 Å². The van der Waals surface area contributed by atoms with Gasteiger partial charge in [0.15, 0.2) is 0 Å². The molecule has 35 heavy (non-hydrogen) atoms. The number of carbonyl (C=O) groups excluding carboxylic acids is 1. The Hall–Kier alpha value is -3.59. The average Bonchev–Trinajstić information content (AvgIpc) is 3.29. The van der Waals surface area contributed by atoms with Crippen molar-refractivity contribution in [2.75, 3.05) is 24.4 Å². The zero-order chi connectivity index (χ0) is 24.6. The molecule has 2 atom stereocenters. The van der Waals surface area contributed by atoms with Crippen LogP contribution in [0.5, 0.6) is 11.5 Å². The molecule has 2 aromatic heterocycles. The first-order valence-electron chi connectivity index (χ1n) is 11.2. The fourth-order valence-corrected chi connectivity index (χ4v) is 4.49. The van der Waals surface area contributed by atoms with Gasteiger partial charge in [0.2, 0.25) is 5.91 Å². The number of benzene rings is 2. The summed E-state index contributed by atoms with van der Waals surface area (Å²) in [6.45, 7) is 2.23. The van der Waals surface area contributed by atoms with Crippen molar-refractivity contribution in [3.63, 3.8) is 0 Å². The predicted molar refractivity (Wildman–Crippen MR) is 135 cm³/mol. The topological polar surface area (TPSA) is 108 Å².